The molecule has 10 atom stereocenters. The first-order valence-corrected chi connectivity index (χ1v) is 19.3. The summed E-state index contributed by atoms with van der Waals surface area (Å²) in [5.74, 6) is 4.00. The Morgan fingerprint density at radius 2 is 1.87 bits per heavy atom. The van der Waals surface area contributed by atoms with Crippen molar-refractivity contribution in [3.63, 3.8) is 0 Å². The first kappa shape index (κ1) is 33.5. The van der Waals surface area contributed by atoms with E-state index in [0.29, 0.717) is 61.0 Å². The molecule has 47 heavy (non-hydrogen) atoms. The number of nitrogens with one attached hydrogen (secondary N) is 1. The average molecular weight is 708 g/mol. The van der Waals surface area contributed by atoms with Gasteiger partial charge in [0.1, 0.15) is 0 Å². The molecule has 1 amide bonds. The summed E-state index contributed by atoms with van der Waals surface area (Å²) < 4.78 is 1.12. The molecule has 7 nitrogen and oxygen atoms in total. The monoisotopic (exact) mass is 706 g/mol. The molecule has 4 fully saturated rings. The van der Waals surface area contributed by atoms with Crippen LogP contribution in [0.1, 0.15) is 102 Å². The number of hydrogen-bond acceptors (Lipinski definition) is 6. The molecular weight excluding hydrogens is 652 g/mol. The Morgan fingerprint density at radius 1 is 1.09 bits per heavy atom. The van der Waals surface area contributed by atoms with E-state index >= 15 is 0 Å². The number of benzene rings is 1. The third-order valence-corrected chi connectivity index (χ3v) is 14.9. The Hall–Kier alpha value is -2.03. The molecule has 7 rings (SSSR count). The number of rotatable bonds is 8. The van der Waals surface area contributed by atoms with Gasteiger partial charge in [-0.25, -0.2) is 9.97 Å². The molecule has 0 bridgehead atoms. The summed E-state index contributed by atoms with van der Waals surface area (Å²) in [6.45, 7) is 9.48. The molecule has 1 aliphatic heterocycles. The lowest BCUT2D eigenvalue weighted by atomic mass is 9.43. The number of carbonyl (C=O) groups is 1. The predicted octanol–water partition coefficient (Wildman–Crippen LogP) is 7.19. The number of fused-ring (bicyclic) bond motifs is 6. The van der Waals surface area contributed by atoms with Gasteiger partial charge >= 0.3 is 0 Å². The second-order valence-electron chi connectivity index (χ2n) is 16.5. The number of nitrogens with zero attached hydrogens (tertiary/aromatic N) is 3. The Morgan fingerprint density at radius 3 is 2.70 bits per heavy atom. The van der Waals surface area contributed by atoms with Gasteiger partial charge in [0.25, 0.3) is 0 Å². The van der Waals surface area contributed by atoms with Crippen molar-refractivity contribution in [1.82, 2.24) is 14.9 Å². The van der Waals surface area contributed by atoms with Crippen molar-refractivity contribution in [2.24, 2.45) is 46.3 Å². The Labute approximate surface area is 289 Å². The van der Waals surface area contributed by atoms with E-state index in [1.54, 1.807) is 0 Å². The maximum atomic E-state index is 13.5. The molecule has 1 aromatic heterocycles. The Bertz CT molecular complexity index is 1460. The molecule has 4 aliphatic carbocycles. The van der Waals surface area contributed by atoms with Gasteiger partial charge in [0, 0.05) is 48.7 Å². The number of amides is 1. The van der Waals surface area contributed by atoms with Crippen molar-refractivity contribution in [3.8, 4) is 0 Å². The second kappa shape index (κ2) is 13.4. The molecule has 4 saturated carbocycles. The Balaban J connectivity index is 0.920. The first-order valence-electron chi connectivity index (χ1n) is 18.5. The molecule has 0 unspecified atom stereocenters. The summed E-state index contributed by atoms with van der Waals surface area (Å²) in [5.41, 5.74) is 3.87. The maximum Gasteiger partial charge on any atom is 0.222 e. The van der Waals surface area contributed by atoms with Crippen LogP contribution in [-0.2, 0) is 24.2 Å². The van der Waals surface area contributed by atoms with Gasteiger partial charge in [0.2, 0.25) is 11.9 Å². The molecule has 8 heteroatoms. The molecule has 0 spiro atoms. The summed E-state index contributed by atoms with van der Waals surface area (Å²) in [7, 11) is 0. The van der Waals surface area contributed by atoms with E-state index in [-0.39, 0.29) is 28.9 Å². The fourth-order valence-corrected chi connectivity index (χ4v) is 12.0. The van der Waals surface area contributed by atoms with Crippen LogP contribution in [0.25, 0.3) is 0 Å². The van der Waals surface area contributed by atoms with Crippen LogP contribution < -0.4 is 5.32 Å². The van der Waals surface area contributed by atoms with Crippen LogP contribution in [0.5, 0.6) is 0 Å². The van der Waals surface area contributed by atoms with E-state index in [2.05, 4.69) is 65.2 Å². The third-order valence-electron chi connectivity index (χ3n) is 14.2. The molecule has 0 saturated heterocycles. The highest BCUT2D eigenvalue weighted by molar-refractivity contribution is 9.10. The fraction of sp³-hybridized carbons (Fsp3) is 0.718. The lowest BCUT2D eigenvalue weighted by Gasteiger charge is -2.62. The summed E-state index contributed by atoms with van der Waals surface area (Å²) in [6, 6.07) is 8.27. The van der Waals surface area contributed by atoms with Crippen molar-refractivity contribution in [1.29, 1.82) is 0 Å². The van der Waals surface area contributed by atoms with Gasteiger partial charge in [-0.1, -0.05) is 54.9 Å². The molecule has 1 aromatic carbocycles. The van der Waals surface area contributed by atoms with Crippen LogP contribution in [-0.4, -0.2) is 56.3 Å². The van der Waals surface area contributed by atoms with Gasteiger partial charge in [-0.3, -0.25) is 4.79 Å². The van der Waals surface area contributed by atoms with E-state index in [1.807, 2.05) is 17.2 Å². The molecule has 2 aromatic rings. The number of aromatic nitrogens is 2. The normalized spacial score (nSPS) is 36.9. The standard InChI is InChI=1S/C39H55BrN4O3/c1-24(29-9-10-30-36-31(13-17-39(29,30)3)38(2)16-12-28(45)20-27(38)21-34(36)46)8-11-35(47)44-19-15-33-26(23-44)22-42-37(43-33)41-18-14-25-6-4-5-7-32(25)40/h4-7,22,24,27-31,34,36,45-46H,8-21,23H2,1-3H3,(H,41,42,43)/t24-,27+,28-,29-,30+,31+,34+,36+,38+,39-/m1/s1. The zero-order chi connectivity index (χ0) is 32.9. The predicted molar refractivity (Wildman–Crippen MR) is 189 cm³/mol. The highest BCUT2D eigenvalue weighted by atomic mass is 79.9. The van der Waals surface area contributed by atoms with Gasteiger partial charge in [-0.15, -0.1) is 0 Å². The fourth-order valence-electron chi connectivity index (χ4n) is 11.5. The smallest absolute Gasteiger partial charge is 0.222 e. The van der Waals surface area contributed by atoms with E-state index in [9.17, 15) is 15.0 Å². The molecule has 2 heterocycles. The van der Waals surface area contributed by atoms with Crippen LogP contribution in [0.15, 0.2) is 34.9 Å². The zero-order valence-corrected chi connectivity index (χ0v) is 30.2. The molecule has 0 radical (unpaired) electrons. The van der Waals surface area contributed by atoms with Crippen molar-refractivity contribution < 1.29 is 15.0 Å². The largest absolute Gasteiger partial charge is 0.393 e. The minimum atomic E-state index is -0.238. The topological polar surface area (TPSA) is 98.6 Å². The maximum absolute atomic E-state index is 13.5. The van der Waals surface area contributed by atoms with E-state index in [0.717, 1.165) is 67.2 Å². The minimum Gasteiger partial charge on any atom is -0.393 e. The summed E-state index contributed by atoms with van der Waals surface area (Å²) in [5, 5.41) is 25.4. The third kappa shape index (κ3) is 6.29. The van der Waals surface area contributed by atoms with Crippen molar-refractivity contribution in [3.05, 3.63) is 51.8 Å². The number of halogens is 1. The number of carbonyl (C=O) groups excluding carboxylic acids is 1. The number of hydrogen-bond donors (Lipinski definition) is 3. The van der Waals surface area contributed by atoms with Crippen LogP contribution in [0.2, 0.25) is 0 Å². The van der Waals surface area contributed by atoms with Gasteiger partial charge < -0.3 is 20.4 Å². The van der Waals surface area contributed by atoms with Gasteiger partial charge in [-0.2, -0.15) is 0 Å². The van der Waals surface area contributed by atoms with Crippen molar-refractivity contribution in [2.75, 3.05) is 18.4 Å². The summed E-state index contributed by atoms with van der Waals surface area (Å²) >= 11 is 3.62. The highest BCUT2D eigenvalue weighted by Gasteiger charge is 2.62. The van der Waals surface area contributed by atoms with Crippen molar-refractivity contribution >= 4 is 27.8 Å². The van der Waals surface area contributed by atoms with Crippen LogP contribution in [0.4, 0.5) is 5.95 Å². The van der Waals surface area contributed by atoms with E-state index in [1.165, 1.54) is 31.2 Å². The summed E-state index contributed by atoms with van der Waals surface area (Å²) in [4.78, 5) is 24.9. The molecule has 5 aliphatic rings. The first-order chi connectivity index (χ1) is 22.6. The average Bonchev–Trinajstić information content (AvgIpc) is 3.42. The van der Waals surface area contributed by atoms with Crippen LogP contribution in [0.3, 0.4) is 0 Å². The Kier molecular flexibility index (Phi) is 9.51. The second-order valence-corrected chi connectivity index (χ2v) is 17.3. The van der Waals surface area contributed by atoms with Gasteiger partial charge in [-0.05, 0) is 122 Å². The van der Waals surface area contributed by atoms with Crippen molar-refractivity contribution in [2.45, 2.75) is 117 Å². The lowest BCUT2D eigenvalue weighted by Crippen LogP contribution is -2.58. The van der Waals surface area contributed by atoms with Gasteiger partial charge in [0.05, 0.1) is 17.9 Å². The van der Waals surface area contributed by atoms with Gasteiger partial charge in [0.15, 0.2) is 0 Å². The number of aliphatic hydroxyl groups is 2. The zero-order valence-electron chi connectivity index (χ0n) is 28.6. The van der Waals surface area contributed by atoms with E-state index < -0.39 is 0 Å². The SMILES string of the molecule is C[C@H](CCC(=O)N1CCc2nc(NCCc3ccccc3Br)ncc2C1)[C@H]1CC[C@H]2[C@@H]3[C@@H](O)C[C@@H]4C[C@H](O)CC[C@]4(C)[C@H]3CC[C@]12C. The number of anilines is 1. The van der Waals surface area contributed by atoms with E-state index in [4.69, 9.17) is 4.98 Å². The summed E-state index contributed by atoms with van der Waals surface area (Å²) in [6.07, 6.45) is 13.3. The van der Waals surface area contributed by atoms with Crippen LogP contribution >= 0.6 is 15.9 Å². The molecular formula is C39H55BrN4O3. The lowest BCUT2D eigenvalue weighted by molar-refractivity contribution is -0.174. The minimum absolute atomic E-state index is 0.188. The quantitative estimate of drug-likeness (QED) is 0.269. The number of aliphatic hydroxyl groups excluding tert-OH is 2. The molecule has 256 valence electrons. The highest BCUT2D eigenvalue weighted by Crippen LogP contribution is 2.68. The molecule has 3 N–H and O–H groups in total. The van der Waals surface area contributed by atoms with Crippen LogP contribution in [0, 0.1) is 46.3 Å².